The first kappa shape index (κ1) is 15.5. The van der Waals surface area contributed by atoms with E-state index in [4.69, 9.17) is 0 Å². The van der Waals surface area contributed by atoms with Gasteiger partial charge >= 0.3 is 0 Å². The van der Waals surface area contributed by atoms with Crippen LogP contribution >= 0.6 is 0 Å². The molecule has 1 aromatic rings. The number of rotatable bonds is 6. The summed E-state index contributed by atoms with van der Waals surface area (Å²) in [5.41, 5.74) is 0. The monoisotopic (exact) mass is 300 g/mol. The quantitative estimate of drug-likeness (QED) is 0.844. The summed E-state index contributed by atoms with van der Waals surface area (Å²) in [6, 6.07) is 0.375. The summed E-state index contributed by atoms with van der Waals surface area (Å²) in [4.78, 5) is 4.33. The van der Waals surface area contributed by atoms with Crippen LogP contribution in [-0.2, 0) is 23.1 Å². The molecule has 2 heterocycles. The van der Waals surface area contributed by atoms with Gasteiger partial charge in [0.15, 0.2) is 0 Å². The van der Waals surface area contributed by atoms with Crippen molar-refractivity contribution in [2.75, 3.05) is 18.8 Å². The molecule has 6 nitrogen and oxygen atoms in total. The lowest BCUT2D eigenvalue weighted by Gasteiger charge is -2.31. The second-order valence-corrected chi connectivity index (χ2v) is 7.34. The summed E-state index contributed by atoms with van der Waals surface area (Å²) in [5.74, 6) is 1.23. The maximum Gasteiger partial charge on any atom is 0.213 e. The zero-order valence-corrected chi connectivity index (χ0v) is 13.1. The zero-order chi connectivity index (χ0) is 14.6. The van der Waals surface area contributed by atoms with Crippen LogP contribution in [0, 0.1) is 0 Å². The van der Waals surface area contributed by atoms with Gasteiger partial charge in [-0.1, -0.05) is 0 Å². The largest absolute Gasteiger partial charge is 0.334 e. The molecule has 2 rings (SSSR count). The molecular formula is C13H24N4O2S. The summed E-state index contributed by atoms with van der Waals surface area (Å²) < 4.78 is 27.3. The summed E-state index contributed by atoms with van der Waals surface area (Å²) in [6.45, 7) is 6.70. The first-order valence-corrected chi connectivity index (χ1v) is 8.89. The standard InChI is InChI=1S/C13H24N4O2S/c1-3-16-10-7-14-13(16)11-15-12-5-8-17(9-6-12)20(18,19)4-2/h7,10,12,15H,3-6,8-9,11H2,1-2H3. The van der Waals surface area contributed by atoms with E-state index in [0.29, 0.717) is 19.1 Å². The van der Waals surface area contributed by atoms with Crippen molar-refractivity contribution in [3.05, 3.63) is 18.2 Å². The smallest absolute Gasteiger partial charge is 0.213 e. The van der Waals surface area contributed by atoms with Gasteiger partial charge < -0.3 is 9.88 Å². The van der Waals surface area contributed by atoms with Gasteiger partial charge in [0, 0.05) is 38.1 Å². The maximum absolute atomic E-state index is 11.8. The van der Waals surface area contributed by atoms with Crippen LogP contribution in [-0.4, -0.2) is 47.2 Å². The lowest BCUT2D eigenvalue weighted by molar-refractivity contribution is 0.287. The fraction of sp³-hybridized carbons (Fsp3) is 0.769. The molecule has 1 saturated heterocycles. The molecule has 0 unspecified atom stereocenters. The van der Waals surface area contributed by atoms with Crippen LogP contribution in [0.4, 0.5) is 0 Å². The van der Waals surface area contributed by atoms with Crippen molar-refractivity contribution in [2.24, 2.45) is 0 Å². The molecule has 0 aliphatic carbocycles. The Hall–Kier alpha value is -0.920. The molecule has 7 heteroatoms. The van der Waals surface area contributed by atoms with E-state index >= 15 is 0 Å². The second kappa shape index (κ2) is 6.69. The molecule has 20 heavy (non-hydrogen) atoms. The molecule has 0 aromatic carbocycles. The summed E-state index contributed by atoms with van der Waals surface area (Å²) in [7, 11) is -3.02. The van der Waals surface area contributed by atoms with Gasteiger partial charge in [-0.25, -0.2) is 17.7 Å². The van der Waals surface area contributed by atoms with E-state index in [2.05, 4.69) is 21.8 Å². The molecule has 0 saturated carbocycles. The average Bonchev–Trinajstić information content (AvgIpc) is 2.93. The maximum atomic E-state index is 11.8. The summed E-state index contributed by atoms with van der Waals surface area (Å²) >= 11 is 0. The molecule has 0 amide bonds. The van der Waals surface area contributed by atoms with Crippen molar-refractivity contribution in [1.29, 1.82) is 0 Å². The van der Waals surface area contributed by atoms with Crippen molar-refractivity contribution < 1.29 is 8.42 Å². The van der Waals surface area contributed by atoms with Gasteiger partial charge in [-0.05, 0) is 26.7 Å². The molecule has 0 spiro atoms. The third-order valence-corrected chi connectivity index (χ3v) is 5.78. The van der Waals surface area contributed by atoms with Crippen molar-refractivity contribution in [3.8, 4) is 0 Å². The van der Waals surface area contributed by atoms with Crippen LogP contribution in [0.1, 0.15) is 32.5 Å². The molecular weight excluding hydrogens is 276 g/mol. The number of aromatic nitrogens is 2. The van der Waals surface area contributed by atoms with E-state index in [1.807, 2.05) is 12.4 Å². The lowest BCUT2D eigenvalue weighted by atomic mass is 10.1. The third-order valence-electron chi connectivity index (χ3n) is 3.90. The SMILES string of the molecule is CCn1ccnc1CNC1CCN(S(=O)(=O)CC)CC1. The first-order valence-electron chi connectivity index (χ1n) is 7.28. The van der Waals surface area contributed by atoms with Gasteiger partial charge in [0.1, 0.15) is 5.82 Å². The first-order chi connectivity index (χ1) is 9.56. The Bertz CT molecular complexity index is 518. The van der Waals surface area contributed by atoms with E-state index in [1.165, 1.54) is 0 Å². The number of piperidine rings is 1. The molecule has 0 radical (unpaired) electrons. The molecule has 0 bridgehead atoms. The van der Waals surface area contributed by atoms with Gasteiger partial charge in [0.25, 0.3) is 0 Å². The van der Waals surface area contributed by atoms with E-state index in [0.717, 1.165) is 31.8 Å². The molecule has 1 fully saturated rings. The molecule has 0 atom stereocenters. The third kappa shape index (κ3) is 3.59. The molecule has 1 N–H and O–H groups in total. The predicted octanol–water partition coefficient (Wildman–Crippen LogP) is 0.807. The number of hydrogen-bond donors (Lipinski definition) is 1. The number of sulfonamides is 1. The highest BCUT2D eigenvalue weighted by Gasteiger charge is 2.26. The average molecular weight is 300 g/mol. The predicted molar refractivity (Wildman–Crippen MR) is 78.8 cm³/mol. The Morgan fingerprint density at radius 1 is 1.35 bits per heavy atom. The van der Waals surface area contributed by atoms with Gasteiger partial charge in [-0.15, -0.1) is 0 Å². The van der Waals surface area contributed by atoms with Crippen molar-refractivity contribution in [2.45, 2.75) is 45.8 Å². The van der Waals surface area contributed by atoms with E-state index in [9.17, 15) is 8.42 Å². The topological polar surface area (TPSA) is 67.2 Å². The van der Waals surface area contributed by atoms with Gasteiger partial charge in [-0.2, -0.15) is 0 Å². The van der Waals surface area contributed by atoms with Crippen molar-refractivity contribution in [1.82, 2.24) is 19.2 Å². The Kier molecular flexibility index (Phi) is 5.17. The van der Waals surface area contributed by atoms with Gasteiger partial charge in [0.05, 0.1) is 12.3 Å². The Morgan fingerprint density at radius 2 is 2.05 bits per heavy atom. The van der Waals surface area contributed by atoms with E-state index < -0.39 is 10.0 Å². The normalized spacial score (nSPS) is 18.5. The van der Waals surface area contributed by atoms with Crippen LogP contribution in [0.3, 0.4) is 0 Å². The molecule has 1 aliphatic heterocycles. The highest BCUT2D eigenvalue weighted by atomic mass is 32.2. The Morgan fingerprint density at radius 3 is 2.65 bits per heavy atom. The second-order valence-electron chi connectivity index (χ2n) is 5.08. The number of imidazole rings is 1. The fourth-order valence-electron chi connectivity index (χ4n) is 2.55. The fourth-order valence-corrected chi connectivity index (χ4v) is 3.68. The summed E-state index contributed by atoms with van der Waals surface area (Å²) in [5, 5.41) is 3.48. The number of hydrogen-bond acceptors (Lipinski definition) is 4. The lowest BCUT2D eigenvalue weighted by Crippen LogP contribution is -2.45. The minimum Gasteiger partial charge on any atom is -0.334 e. The van der Waals surface area contributed by atoms with Crippen LogP contribution in [0.25, 0.3) is 0 Å². The minimum atomic E-state index is -3.02. The molecule has 1 aromatic heterocycles. The van der Waals surface area contributed by atoms with Crippen LogP contribution in [0.2, 0.25) is 0 Å². The summed E-state index contributed by atoms with van der Waals surface area (Å²) in [6.07, 6.45) is 5.53. The van der Waals surface area contributed by atoms with Crippen LogP contribution in [0.5, 0.6) is 0 Å². The number of aryl methyl sites for hydroxylation is 1. The van der Waals surface area contributed by atoms with Crippen molar-refractivity contribution in [3.63, 3.8) is 0 Å². The molecule has 114 valence electrons. The van der Waals surface area contributed by atoms with Crippen LogP contribution in [0.15, 0.2) is 12.4 Å². The van der Waals surface area contributed by atoms with Gasteiger partial charge in [-0.3, -0.25) is 0 Å². The van der Waals surface area contributed by atoms with Gasteiger partial charge in [0.2, 0.25) is 10.0 Å². The molecule has 1 aliphatic rings. The highest BCUT2D eigenvalue weighted by molar-refractivity contribution is 7.89. The Labute approximate surface area is 121 Å². The Balaban J connectivity index is 1.80. The van der Waals surface area contributed by atoms with E-state index in [1.54, 1.807) is 11.2 Å². The van der Waals surface area contributed by atoms with E-state index in [-0.39, 0.29) is 5.75 Å². The number of nitrogens with one attached hydrogen (secondary N) is 1. The number of nitrogens with zero attached hydrogens (tertiary/aromatic N) is 3. The highest BCUT2D eigenvalue weighted by Crippen LogP contribution is 2.14. The van der Waals surface area contributed by atoms with Crippen molar-refractivity contribution >= 4 is 10.0 Å². The zero-order valence-electron chi connectivity index (χ0n) is 12.2. The van der Waals surface area contributed by atoms with Crippen LogP contribution < -0.4 is 5.32 Å². The minimum absolute atomic E-state index is 0.193.